The number of hydrogen-bond acceptors (Lipinski definition) is 3. The van der Waals surface area contributed by atoms with E-state index in [1.165, 1.54) is 0 Å². The Hall–Kier alpha value is -2.82. The van der Waals surface area contributed by atoms with Crippen LogP contribution in [0, 0.1) is 13.8 Å². The average Bonchev–Trinajstić information content (AvgIpc) is 3.13. The van der Waals surface area contributed by atoms with Gasteiger partial charge in [-0.1, -0.05) is 0 Å². The zero-order valence-corrected chi connectivity index (χ0v) is 12.7. The lowest BCUT2D eigenvalue weighted by Gasteiger charge is -2.08. The number of hydrogen-bond donors (Lipinski definition) is 1. The molecule has 110 valence electrons. The maximum absolute atomic E-state index is 5.28. The molecule has 4 rings (SSSR count). The molecular formula is C17H16N4O. The smallest absolute Gasteiger partial charge is 0.154 e. The summed E-state index contributed by atoms with van der Waals surface area (Å²) in [6.45, 7) is 4.08. The van der Waals surface area contributed by atoms with Gasteiger partial charge < -0.3 is 9.72 Å². The van der Waals surface area contributed by atoms with Crippen molar-refractivity contribution in [3.8, 4) is 17.0 Å². The number of aryl methyl sites for hydroxylation is 2. The molecule has 1 N–H and O–H groups in total. The van der Waals surface area contributed by atoms with E-state index in [4.69, 9.17) is 4.74 Å². The van der Waals surface area contributed by atoms with Crippen molar-refractivity contribution >= 4 is 16.7 Å². The Morgan fingerprint density at radius 2 is 2.05 bits per heavy atom. The van der Waals surface area contributed by atoms with Gasteiger partial charge in [-0.15, -0.1) is 0 Å². The van der Waals surface area contributed by atoms with Gasteiger partial charge in [0.25, 0.3) is 0 Å². The van der Waals surface area contributed by atoms with Crippen molar-refractivity contribution in [2.45, 2.75) is 13.8 Å². The highest BCUT2D eigenvalue weighted by atomic mass is 16.5. The molecule has 0 atom stereocenters. The summed E-state index contributed by atoms with van der Waals surface area (Å²) in [7, 11) is 1.68. The van der Waals surface area contributed by atoms with Crippen molar-refractivity contribution in [3.63, 3.8) is 0 Å². The molecule has 5 heteroatoms. The van der Waals surface area contributed by atoms with Crippen molar-refractivity contribution in [1.82, 2.24) is 19.4 Å². The second-order valence-corrected chi connectivity index (χ2v) is 5.40. The molecule has 0 saturated carbocycles. The molecule has 0 amide bonds. The van der Waals surface area contributed by atoms with Gasteiger partial charge in [0.2, 0.25) is 0 Å². The lowest BCUT2D eigenvalue weighted by Crippen LogP contribution is -1.94. The maximum atomic E-state index is 5.28. The van der Waals surface area contributed by atoms with E-state index in [0.717, 1.165) is 44.9 Å². The van der Waals surface area contributed by atoms with Crippen LogP contribution < -0.4 is 4.74 Å². The summed E-state index contributed by atoms with van der Waals surface area (Å²) in [5.41, 5.74) is 7.09. The minimum atomic E-state index is 0.854. The summed E-state index contributed by atoms with van der Waals surface area (Å²) < 4.78 is 7.37. The molecule has 0 spiro atoms. The van der Waals surface area contributed by atoms with Crippen LogP contribution in [0.15, 0.2) is 36.8 Å². The number of imidazole rings is 1. The molecule has 22 heavy (non-hydrogen) atoms. The van der Waals surface area contributed by atoms with Gasteiger partial charge >= 0.3 is 0 Å². The number of benzene rings is 1. The Labute approximate surface area is 127 Å². The van der Waals surface area contributed by atoms with E-state index in [1.807, 2.05) is 37.6 Å². The van der Waals surface area contributed by atoms with Crippen LogP contribution in [-0.4, -0.2) is 26.5 Å². The third kappa shape index (κ3) is 1.72. The van der Waals surface area contributed by atoms with Crippen molar-refractivity contribution in [2.24, 2.45) is 0 Å². The first-order valence-corrected chi connectivity index (χ1v) is 7.15. The number of rotatable bonds is 2. The molecule has 3 heterocycles. The molecule has 1 aromatic carbocycles. The predicted octanol–water partition coefficient (Wildman–Crippen LogP) is 3.50. The molecule has 0 aliphatic carbocycles. The first kappa shape index (κ1) is 12.9. The van der Waals surface area contributed by atoms with E-state index in [-0.39, 0.29) is 0 Å². The van der Waals surface area contributed by atoms with E-state index in [2.05, 4.69) is 32.3 Å². The number of nitrogens with zero attached hydrogens (tertiary/aromatic N) is 3. The van der Waals surface area contributed by atoms with Gasteiger partial charge in [-0.2, -0.15) is 0 Å². The molecule has 3 aromatic heterocycles. The highest BCUT2D eigenvalue weighted by molar-refractivity contribution is 5.86. The fraction of sp³-hybridized carbons (Fsp3) is 0.176. The molecule has 0 aliphatic heterocycles. The molecule has 0 fully saturated rings. The van der Waals surface area contributed by atoms with Crippen molar-refractivity contribution in [1.29, 1.82) is 0 Å². The molecule has 4 aromatic rings. The van der Waals surface area contributed by atoms with Crippen LogP contribution in [0.3, 0.4) is 0 Å². The maximum Gasteiger partial charge on any atom is 0.154 e. The summed E-state index contributed by atoms with van der Waals surface area (Å²) in [6, 6.07) is 8.06. The molecule has 0 unspecified atom stereocenters. The van der Waals surface area contributed by atoms with Gasteiger partial charge in [-0.25, -0.2) is 9.97 Å². The van der Waals surface area contributed by atoms with Gasteiger partial charge in [0, 0.05) is 11.8 Å². The second kappa shape index (κ2) is 4.59. The number of fused-ring (bicyclic) bond motifs is 3. The van der Waals surface area contributed by atoms with Crippen LogP contribution in [-0.2, 0) is 0 Å². The SMILES string of the molecule is COc1ccc(-c2ncn3c2c(C)nc2[nH]ccc23)c(C)c1. The summed E-state index contributed by atoms with van der Waals surface area (Å²) in [6.07, 6.45) is 3.76. The standard InChI is InChI=1S/C17H16N4O/c1-10-8-12(22-3)4-5-13(10)15-16-11(2)20-17-14(6-7-18-17)21(16)9-19-15/h4-9,18H,1-3H3. The van der Waals surface area contributed by atoms with Crippen LogP contribution in [0.5, 0.6) is 5.75 Å². The van der Waals surface area contributed by atoms with E-state index >= 15 is 0 Å². The third-order valence-electron chi connectivity index (χ3n) is 4.04. The zero-order chi connectivity index (χ0) is 15.3. The Balaban J connectivity index is 2.03. The highest BCUT2D eigenvalue weighted by Gasteiger charge is 2.15. The van der Waals surface area contributed by atoms with E-state index in [1.54, 1.807) is 7.11 Å². The Bertz CT molecular complexity index is 997. The average molecular weight is 292 g/mol. The number of methoxy groups -OCH3 is 1. The first-order valence-electron chi connectivity index (χ1n) is 7.15. The normalized spacial score (nSPS) is 11.4. The summed E-state index contributed by atoms with van der Waals surface area (Å²) in [5.74, 6) is 0.854. The van der Waals surface area contributed by atoms with E-state index in [0.29, 0.717) is 0 Å². The quantitative estimate of drug-likeness (QED) is 0.615. The van der Waals surface area contributed by atoms with Gasteiger partial charge in [0.1, 0.15) is 12.1 Å². The number of aromatic nitrogens is 4. The Morgan fingerprint density at radius 1 is 1.18 bits per heavy atom. The van der Waals surface area contributed by atoms with E-state index < -0.39 is 0 Å². The fourth-order valence-electron chi connectivity index (χ4n) is 2.96. The van der Waals surface area contributed by atoms with Gasteiger partial charge in [0.05, 0.1) is 29.5 Å². The number of H-pyrrole nitrogens is 1. The van der Waals surface area contributed by atoms with Crippen LogP contribution in [0.1, 0.15) is 11.3 Å². The van der Waals surface area contributed by atoms with Crippen LogP contribution in [0.4, 0.5) is 0 Å². The lowest BCUT2D eigenvalue weighted by molar-refractivity contribution is 0.414. The lowest BCUT2D eigenvalue weighted by atomic mass is 10.0. The zero-order valence-electron chi connectivity index (χ0n) is 12.7. The van der Waals surface area contributed by atoms with Gasteiger partial charge in [-0.05, 0) is 43.7 Å². The first-order chi connectivity index (χ1) is 10.7. The second-order valence-electron chi connectivity index (χ2n) is 5.40. The summed E-state index contributed by atoms with van der Waals surface area (Å²) in [4.78, 5) is 12.4. The Kier molecular flexibility index (Phi) is 2.69. The van der Waals surface area contributed by atoms with E-state index in [9.17, 15) is 0 Å². The van der Waals surface area contributed by atoms with Gasteiger partial charge in [-0.3, -0.25) is 4.40 Å². The van der Waals surface area contributed by atoms with Crippen LogP contribution in [0.2, 0.25) is 0 Å². The van der Waals surface area contributed by atoms with Crippen molar-refractivity contribution in [3.05, 3.63) is 48.0 Å². The van der Waals surface area contributed by atoms with Crippen LogP contribution in [0.25, 0.3) is 27.9 Å². The predicted molar refractivity (Wildman–Crippen MR) is 86.3 cm³/mol. The monoisotopic (exact) mass is 292 g/mol. The largest absolute Gasteiger partial charge is 0.497 e. The Morgan fingerprint density at radius 3 is 2.82 bits per heavy atom. The minimum Gasteiger partial charge on any atom is -0.497 e. The third-order valence-corrected chi connectivity index (χ3v) is 4.04. The molecule has 0 saturated heterocycles. The molecular weight excluding hydrogens is 276 g/mol. The molecule has 0 radical (unpaired) electrons. The minimum absolute atomic E-state index is 0.854. The number of ether oxygens (including phenoxy) is 1. The molecule has 0 bridgehead atoms. The summed E-state index contributed by atoms with van der Waals surface area (Å²) in [5, 5.41) is 0. The topological polar surface area (TPSA) is 55.2 Å². The van der Waals surface area contributed by atoms with Gasteiger partial charge in [0.15, 0.2) is 5.65 Å². The summed E-state index contributed by atoms with van der Waals surface area (Å²) >= 11 is 0. The van der Waals surface area contributed by atoms with Crippen molar-refractivity contribution < 1.29 is 4.74 Å². The van der Waals surface area contributed by atoms with Crippen molar-refractivity contribution in [2.75, 3.05) is 7.11 Å². The highest BCUT2D eigenvalue weighted by Crippen LogP contribution is 2.31. The molecule has 0 aliphatic rings. The van der Waals surface area contributed by atoms with Crippen LogP contribution >= 0.6 is 0 Å². The number of aromatic amines is 1. The molecule has 5 nitrogen and oxygen atoms in total. The number of nitrogens with one attached hydrogen (secondary N) is 1. The fourth-order valence-corrected chi connectivity index (χ4v) is 2.96.